The minimum Gasteiger partial charge on any atom is -0.322 e. The molecule has 0 bridgehead atoms. The highest BCUT2D eigenvalue weighted by atomic mass is 32.2. The van der Waals surface area contributed by atoms with Gasteiger partial charge in [-0.25, -0.2) is 0 Å². The van der Waals surface area contributed by atoms with Gasteiger partial charge in [-0.2, -0.15) is 11.8 Å². The van der Waals surface area contributed by atoms with E-state index in [0.717, 1.165) is 28.8 Å². The number of hydrogen-bond acceptors (Lipinski definition) is 3. The number of benzene rings is 2. The summed E-state index contributed by atoms with van der Waals surface area (Å²) < 4.78 is 0. The predicted octanol–water partition coefficient (Wildman–Crippen LogP) is 4.39. The molecule has 116 valence electrons. The molecule has 0 aliphatic carbocycles. The number of hydrogen-bond donors (Lipinski definition) is 1. The van der Waals surface area contributed by atoms with Crippen molar-refractivity contribution in [3.63, 3.8) is 0 Å². The molecule has 0 aliphatic rings. The number of nitrogens with one attached hydrogen (secondary N) is 1. The molecule has 0 unspecified atom stereocenters. The van der Waals surface area contributed by atoms with E-state index in [4.69, 9.17) is 0 Å². The van der Waals surface area contributed by atoms with Gasteiger partial charge in [-0.05, 0) is 48.3 Å². The van der Waals surface area contributed by atoms with Gasteiger partial charge < -0.3 is 5.32 Å². The number of amides is 1. The summed E-state index contributed by atoms with van der Waals surface area (Å²) in [4.78, 5) is 16.9. The summed E-state index contributed by atoms with van der Waals surface area (Å²) in [7, 11) is 0. The minimum atomic E-state index is -0.133. The third-order valence-electron chi connectivity index (χ3n) is 3.68. The van der Waals surface area contributed by atoms with Gasteiger partial charge in [0.15, 0.2) is 0 Å². The number of aryl methyl sites for hydroxylation is 1. The summed E-state index contributed by atoms with van der Waals surface area (Å²) in [5.41, 5.74) is 3.40. The molecule has 1 aromatic heterocycles. The lowest BCUT2D eigenvalue weighted by Crippen LogP contribution is -2.12. The van der Waals surface area contributed by atoms with Crippen LogP contribution in [0, 0.1) is 0 Å². The molecule has 0 aliphatic heterocycles. The van der Waals surface area contributed by atoms with Crippen molar-refractivity contribution in [1.82, 2.24) is 4.98 Å². The van der Waals surface area contributed by atoms with E-state index in [9.17, 15) is 4.79 Å². The number of rotatable bonds is 5. The number of thioether (sulfide) groups is 1. The van der Waals surface area contributed by atoms with Crippen LogP contribution in [0.5, 0.6) is 0 Å². The van der Waals surface area contributed by atoms with Crippen molar-refractivity contribution in [2.75, 3.05) is 17.3 Å². The van der Waals surface area contributed by atoms with Gasteiger partial charge in [-0.3, -0.25) is 9.78 Å². The van der Waals surface area contributed by atoms with Gasteiger partial charge in [0.25, 0.3) is 5.91 Å². The van der Waals surface area contributed by atoms with E-state index in [0.29, 0.717) is 5.56 Å². The first-order valence-corrected chi connectivity index (χ1v) is 8.90. The van der Waals surface area contributed by atoms with Crippen molar-refractivity contribution in [3.8, 4) is 0 Å². The van der Waals surface area contributed by atoms with Crippen LogP contribution >= 0.6 is 11.8 Å². The van der Waals surface area contributed by atoms with Gasteiger partial charge in [-0.15, -0.1) is 0 Å². The highest BCUT2D eigenvalue weighted by Gasteiger charge is 2.10. The van der Waals surface area contributed by atoms with Crippen molar-refractivity contribution in [2.45, 2.75) is 6.42 Å². The Morgan fingerprint density at radius 3 is 2.65 bits per heavy atom. The van der Waals surface area contributed by atoms with Gasteiger partial charge in [0, 0.05) is 17.3 Å². The molecule has 3 nitrogen and oxygen atoms in total. The van der Waals surface area contributed by atoms with Gasteiger partial charge in [0.2, 0.25) is 0 Å². The molecule has 3 aromatic rings. The summed E-state index contributed by atoms with van der Waals surface area (Å²) in [6.45, 7) is 0. The maximum Gasteiger partial charge on any atom is 0.257 e. The molecule has 4 heteroatoms. The lowest BCUT2D eigenvalue weighted by atomic mass is 10.1. The first-order chi connectivity index (χ1) is 11.3. The van der Waals surface area contributed by atoms with Gasteiger partial charge in [-0.1, -0.05) is 30.3 Å². The Morgan fingerprint density at radius 2 is 1.87 bits per heavy atom. The zero-order chi connectivity index (χ0) is 16.1. The molecular formula is C19H18N2OS. The van der Waals surface area contributed by atoms with Crippen LogP contribution < -0.4 is 5.32 Å². The third kappa shape index (κ3) is 3.71. The number of pyridine rings is 1. The fraction of sp³-hybridized carbons (Fsp3) is 0.158. The smallest absolute Gasteiger partial charge is 0.257 e. The molecule has 23 heavy (non-hydrogen) atoms. The van der Waals surface area contributed by atoms with Crippen LogP contribution in [-0.2, 0) is 6.42 Å². The fourth-order valence-corrected chi connectivity index (χ4v) is 2.90. The zero-order valence-electron chi connectivity index (χ0n) is 13.0. The Bertz CT molecular complexity index is 810. The molecule has 2 aromatic carbocycles. The largest absolute Gasteiger partial charge is 0.322 e. The molecule has 1 heterocycles. The van der Waals surface area contributed by atoms with E-state index in [-0.39, 0.29) is 5.91 Å². The number of aromatic nitrogens is 1. The van der Waals surface area contributed by atoms with E-state index in [1.165, 1.54) is 5.56 Å². The maximum atomic E-state index is 12.5. The lowest BCUT2D eigenvalue weighted by Gasteiger charge is -2.08. The Morgan fingerprint density at radius 1 is 1.09 bits per heavy atom. The zero-order valence-corrected chi connectivity index (χ0v) is 13.8. The highest BCUT2D eigenvalue weighted by Crippen LogP contribution is 2.18. The van der Waals surface area contributed by atoms with Crippen LogP contribution in [0.2, 0.25) is 0 Å². The molecule has 0 saturated heterocycles. The topological polar surface area (TPSA) is 42.0 Å². The van der Waals surface area contributed by atoms with Crippen LogP contribution in [0.25, 0.3) is 10.9 Å². The fourth-order valence-electron chi connectivity index (χ4n) is 2.46. The van der Waals surface area contributed by atoms with Gasteiger partial charge in [0.05, 0.1) is 11.1 Å². The number of carbonyl (C=O) groups is 1. The van der Waals surface area contributed by atoms with Crippen LogP contribution in [-0.4, -0.2) is 22.9 Å². The van der Waals surface area contributed by atoms with Crippen LogP contribution in [0.4, 0.5) is 5.69 Å². The van der Waals surface area contributed by atoms with Crippen LogP contribution in [0.15, 0.2) is 60.8 Å². The van der Waals surface area contributed by atoms with E-state index in [1.54, 1.807) is 12.3 Å². The van der Waals surface area contributed by atoms with E-state index in [2.05, 4.69) is 28.7 Å². The molecule has 1 amide bonds. The van der Waals surface area contributed by atoms with Crippen molar-refractivity contribution in [1.29, 1.82) is 0 Å². The molecule has 0 fully saturated rings. The summed E-state index contributed by atoms with van der Waals surface area (Å²) in [6, 6.07) is 17.5. The van der Waals surface area contributed by atoms with Gasteiger partial charge >= 0.3 is 0 Å². The van der Waals surface area contributed by atoms with Crippen LogP contribution in [0.1, 0.15) is 15.9 Å². The molecule has 3 rings (SSSR count). The van der Waals surface area contributed by atoms with Crippen molar-refractivity contribution in [3.05, 3.63) is 71.9 Å². The molecule has 1 N–H and O–H groups in total. The first kappa shape index (κ1) is 15.6. The predicted molar refractivity (Wildman–Crippen MR) is 98.2 cm³/mol. The molecule has 0 spiro atoms. The molecule has 0 saturated carbocycles. The Kier molecular flexibility index (Phi) is 4.93. The third-order valence-corrected chi connectivity index (χ3v) is 4.30. The van der Waals surface area contributed by atoms with Gasteiger partial charge in [0.1, 0.15) is 0 Å². The normalized spacial score (nSPS) is 10.7. The van der Waals surface area contributed by atoms with Crippen molar-refractivity contribution in [2.24, 2.45) is 0 Å². The second kappa shape index (κ2) is 7.29. The number of para-hydroxylation sites is 1. The average molecular weight is 322 g/mol. The van der Waals surface area contributed by atoms with Crippen molar-refractivity contribution < 1.29 is 4.79 Å². The maximum absolute atomic E-state index is 12.5. The summed E-state index contributed by atoms with van der Waals surface area (Å²) >= 11 is 1.83. The lowest BCUT2D eigenvalue weighted by molar-refractivity contribution is 0.102. The number of nitrogens with zero attached hydrogens (tertiary/aromatic N) is 1. The monoisotopic (exact) mass is 322 g/mol. The molecular weight excluding hydrogens is 304 g/mol. The summed E-state index contributed by atoms with van der Waals surface area (Å²) in [5, 5.41) is 3.91. The van der Waals surface area contributed by atoms with Crippen molar-refractivity contribution >= 4 is 34.3 Å². The van der Waals surface area contributed by atoms with Crippen LogP contribution in [0.3, 0.4) is 0 Å². The average Bonchev–Trinajstić information content (AvgIpc) is 2.60. The molecule has 0 atom stereocenters. The summed E-state index contributed by atoms with van der Waals surface area (Å²) in [6.07, 6.45) is 4.86. The summed E-state index contributed by atoms with van der Waals surface area (Å²) in [5.74, 6) is 0.971. The highest BCUT2D eigenvalue weighted by molar-refractivity contribution is 7.98. The standard InChI is InChI=1S/C19H18N2OS/c1-23-13-11-14-7-9-16(10-8-14)21-19(22)17-6-2-4-15-5-3-12-20-18(15)17/h2-10,12H,11,13H2,1H3,(H,21,22). The van der Waals surface area contributed by atoms with E-state index >= 15 is 0 Å². The number of anilines is 1. The Balaban J connectivity index is 1.78. The second-order valence-electron chi connectivity index (χ2n) is 5.27. The second-order valence-corrected chi connectivity index (χ2v) is 6.26. The SMILES string of the molecule is CSCCc1ccc(NC(=O)c2cccc3cccnc23)cc1. The van der Waals surface area contributed by atoms with E-state index < -0.39 is 0 Å². The minimum absolute atomic E-state index is 0.133. The van der Waals surface area contributed by atoms with E-state index in [1.807, 2.05) is 48.2 Å². The Labute approximate surface area is 140 Å². The Hall–Kier alpha value is -2.33. The quantitative estimate of drug-likeness (QED) is 0.757. The molecule has 0 radical (unpaired) electrons. The number of fused-ring (bicyclic) bond motifs is 1. The first-order valence-electron chi connectivity index (χ1n) is 7.51. The number of carbonyl (C=O) groups excluding carboxylic acids is 1.